The summed E-state index contributed by atoms with van der Waals surface area (Å²) in [6.45, 7) is 2.52. The van der Waals surface area contributed by atoms with Crippen molar-refractivity contribution < 1.29 is 4.79 Å². The summed E-state index contributed by atoms with van der Waals surface area (Å²) >= 11 is 0. The zero-order chi connectivity index (χ0) is 14.1. The minimum atomic E-state index is -0.165. The molecule has 0 bridgehead atoms. The summed E-state index contributed by atoms with van der Waals surface area (Å²) in [5.74, 6) is -0.165. The summed E-state index contributed by atoms with van der Waals surface area (Å²) in [6.07, 6.45) is 0. The molecule has 102 valence electrons. The lowest BCUT2D eigenvalue weighted by molar-refractivity contribution is 0.0946. The van der Waals surface area contributed by atoms with E-state index >= 15 is 0 Å². The van der Waals surface area contributed by atoms with Gasteiger partial charge in [-0.1, -0.05) is 18.2 Å². The molecule has 0 unspecified atom stereocenters. The molecule has 0 saturated carbocycles. The number of hydrogen-bond donors (Lipinski definition) is 2. The molecule has 0 radical (unpaired) electrons. The normalized spacial score (nSPS) is 10.9. The first-order valence-corrected chi connectivity index (χ1v) is 6.49. The molecule has 3 rings (SSSR count). The Morgan fingerprint density at radius 3 is 2.85 bits per heavy atom. The maximum absolute atomic E-state index is 12.2. The number of aryl methyl sites for hydroxylation is 1. The van der Waals surface area contributed by atoms with Crippen molar-refractivity contribution >= 4 is 16.8 Å². The Bertz CT molecular complexity index is 769. The topological polar surface area (TPSA) is 62.7 Å². The maximum Gasteiger partial charge on any atom is 0.272 e. The Labute approximate surface area is 116 Å². The standard InChI is InChI=1S/C15H16N4O/c1-10-7-8-11(19(10)2)9-16-15(20)14-12-5-3-4-6-13(12)17-18-14/h3-8H,9H2,1-2H3,(H,16,20)(H,17,18). The van der Waals surface area contributed by atoms with Gasteiger partial charge in [0, 0.05) is 23.8 Å². The number of hydrogen-bond acceptors (Lipinski definition) is 2. The smallest absolute Gasteiger partial charge is 0.272 e. The largest absolute Gasteiger partial charge is 0.350 e. The maximum atomic E-state index is 12.2. The second kappa shape index (κ2) is 4.85. The average molecular weight is 268 g/mol. The highest BCUT2D eigenvalue weighted by atomic mass is 16.1. The molecule has 0 spiro atoms. The van der Waals surface area contributed by atoms with Crippen LogP contribution in [0.15, 0.2) is 36.4 Å². The first-order valence-electron chi connectivity index (χ1n) is 6.49. The van der Waals surface area contributed by atoms with Crippen molar-refractivity contribution in [3.63, 3.8) is 0 Å². The number of carbonyl (C=O) groups is 1. The number of nitrogens with one attached hydrogen (secondary N) is 2. The van der Waals surface area contributed by atoms with Crippen molar-refractivity contribution in [3.8, 4) is 0 Å². The summed E-state index contributed by atoms with van der Waals surface area (Å²) in [5.41, 5.74) is 3.54. The molecule has 0 atom stereocenters. The zero-order valence-corrected chi connectivity index (χ0v) is 11.5. The molecule has 3 aromatic rings. The third-order valence-corrected chi connectivity index (χ3v) is 3.59. The van der Waals surface area contributed by atoms with Crippen molar-refractivity contribution in [3.05, 3.63) is 53.5 Å². The number of aromatic amines is 1. The van der Waals surface area contributed by atoms with Crippen LogP contribution in [0.5, 0.6) is 0 Å². The zero-order valence-electron chi connectivity index (χ0n) is 11.5. The van der Waals surface area contributed by atoms with Crippen molar-refractivity contribution in [2.24, 2.45) is 7.05 Å². The van der Waals surface area contributed by atoms with Gasteiger partial charge in [-0.15, -0.1) is 0 Å². The van der Waals surface area contributed by atoms with Gasteiger partial charge in [-0.2, -0.15) is 5.10 Å². The SMILES string of the molecule is Cc1ccc(CNC(=O)c2n[nH]c3ccccc23)n1C. The molecule has 0 aliphatic rings. The van der Waals surface area contributed by atoms with Gasteiger partial charge in [0.25, 0.3) is 5.91 Å². The lowest BCUT2D eigenvalue weighted by Crippen LogP contribution is -2.24. The molecule has 5 nitrogen and oxygen atoms in total. The van der Waals surface area contributed by atoms with Gasteiger partial charge in [-0.3, -0.25) is 9.89 Å². The van der Waals surface area contributed by atoms with Crippen molar-refractivity contribution in [2.75, 3.05) is 0 Å². The average Bonchev–Trinajstić information content (AvgIpc) is 3.02. The van der Waals surface area contributed by atoms with Crippen LogP contribution in [0, 0.1) is 6.92 Å². The van der Waals surface area contributed by atoms with Crippen LogP contribution in [0.4, 0.5) is 0 Å². The number of H-pyrrole nitrogens is 1. The van der Waals surface area contributed by atoms with E-state index in [2.05, 4.69) is 20.1 Å². The lowest BCUT2D eigenvalue weighted by atomic mass is 10.2. The van der Waals surface area contributed by atoms with Gasteiger partial charge in [0.1, 0.15) is 0 Å². The molecular formula is C15H16N4O. The number of rotatable bonds is 3. The number of amides is 1. The first-order chi connectivity index (χ1) is 9.66. The number of carbonyl (C=O) groups excluding carboxylic acids is 1. The number of fused-ring (bicyclic) bond motifs is 1. The minimum Gasteiger partial charge on any atom is -0.350 e. The van der Waals surface area contributed by atoms with Gasteiger partial charge >= 0.3 is 0 Å². The monoisotopic (exact) mass is 268 g/mol. The lowest BCUT2D eigenvalue weighted by Gasteiger charge is -2.06. The molecule has 20 heavy (non-hydrogen) atoms. The minimum absolute atomic E-state index is 0.165. The number of nitrogens with zero attached hydrogens (tertiary/aromatic N) is 2. The van der Waals surface area contributed by atoms with E-state index in [0.29, 0.717) is 12.2 Å². The molecule has 2 heterocycles. The third-order valence-electron chi connectivity index (χ3n) is 3.59. The number of benzene rings is 1. The molecule has 0 saturated heterocycles. The Balaban J connectivity index is 1.78. The Kier molecular flexibility index (Phi) is 3.02. The predicted molar refractivity (Wildman–Crippen MR) is 77.4 cm³/mol. The van der Waals surface area contributed by atoms with E-state index in [0.717, 1.165) is 16.6 Å². The van der Waals surface area contributed by atoms with E-state index in [1.54, 1.807) is 0 Å². The van der Waals surface area contributed by atoms with Crippen molar-refractivity contribution in [1.82, 2.24) is 20.1 Å². The molecule has 0 aliphatic carbocycles. The summed E-state index contributed by atoms with van der Waals surface area (Å²) in [7, 11) is 1.99. The van der Waals surface area contributed by atoms with Crippen LogP contribution >= 0.6 is 0 Å². The van der Waals surface area contributed by atoms with E-state index in [9.17, 15) is 4.79 Å². The molecule has 2 aromatic heterocycles. The van der Waals surface area contributed by atoms with Gasteiger partial charge in [0.15, 0.2) is 5.69 Å². The van der Waals surface area contributed by atoms with Crippen molar-refractivity contribution in [2.45, 2.75) is 13.5 Å². The molecule has 1 amide bonds. The van der Waals surface area contributed by atoms with E-state index < -0.39 is 0 Å². The summed E-state index contributed by atoms with van der Waals surface area (Å²) in [6, 6.07) is 11.6. The van der Waals surface area contributed by atoms with Gasteiger partial charge in [0.2, 0.25) is 0 Å². The number of para-hydroxylation sites is 1. The highest BCUT2D eigenvalue weighted by Crippen LogP contribution is 2.15. The van der Waals surface area contributed by atoms with E-state index in [-0.39, 0.29) is 5.91 Å². The summed E-state index contributed by atoms with van der Waals surface area (Å²) in [5, 5.41) is 10.7. The third kappa shape index (κ3) is 2.07. The second-order valence-electron chi connectivity index (χ2n) is 4.83. The fourth-order valence-corrected chi connectivity index (χ4v) is 2.24. The van der Waals surface area contributed by atoms with Crippen molar-refractivity contribution in [1.29, 1.82) is 0 Å². The fraction of sp³-hybridized carbons (Fsp3) is 0.200. The Morgan fingerprint density at radius 1 is 1.30 bits per heavy atom. The van der Waals surface area contributed by atoms with E-state index in [1.165, 1.54) is 5.69 Å². The van der Waals surface area contributed by atoms with Crippen LogP contribution in [-0.4, -0.2) is 20.7 Å². The summed E-state index contributed by atoms with van der Waals surface area (Å²) < 4.78 is 2.06. The van der Waals surface area contributed by atoms with Gasteiger partial charge in [-0.25, -0.2) is 0 Å². The summed E-state index contributed by atoms with van der Waals surface area (Å²) in [4.78, 5) is 12.2. The first kappa shape index (κ1) is 12.5. The van der Waals surface area contributed by atoms with Crippen LogP contribution < -0.4 is 5.32 Å². The fourth-order valence-electron chi connectivity index (χ4n) is 2.24. The van der Waals surface area contributed by atoms with E-state index in [4.69, 9.17) is 0 Å². The van der Waals surface area contributed by atoms with Gasteiger partial charge in [-0.05, 0) is 25.1 Å². The second-order valence-corrected chi connectivity index (χ2v) is 4.83. The molecular weight excluding hydrogens is 252 g/mol. The molecule has 0 fully saturated rings. The Hall–Kier alpha value is -2.56. The van der Waals surface area contributed by atoms with Crippen LogP contribution in [0.2, 0.25) is 0 Å². The van der Waals surface area contributed by atoms with Crippen LogP contribution in [0.25, 0.3) is 10.9 Å². The highest BCUT2D eigenvalue weighted by molar-refractivity contribution is 6.04. The van der Waals surface area contributed by atoms with Gasteiger partial charge < -0.3 is 9.88 Å². The van der Waals surface area contributed by atoms with E-state index in [1.807, 2.05) is 50.4 Å². The van der Waals surface area contributed by atoms with Crippen LogP contribution in [-0.2, 0) is 13.6 Å². The quantitative estimate of drug-likeness (QED) is 0.764. The molecule has 2 N–H and O–H groups in total. The van der Waals surface area contributed by atoms with Gasteiger partial charge in [0.05, 0.1) is 12.1 Å². The predicted octanol–water partition coefficient (Wildman–Crippen LogP) is 2.14. The molecule has 1 aromatic carbocycles. The molecule has 0 aliphatic heterocycles. The van der Waals surface area contributed by atoms with Crippen LogP contribution in [0.1, 0.15) is 21.9 Å². The highest BCUT2D eigenvalue weighted by Gasteiger charge is 2.13. The molecule has 5 heteroatoms. The number of aromatic nitrogens is 3. The Morgan fingerprint density at radius 2 is 2.10 bits per heavy atom. The van der Waals surface area contributed by atoms with Crippen LogP contribution in [0.3, 0.4) is 0 Å².